The van der Waals surface area contributed by atoms with Crippen LogP contribution in [0.1, 0.15) is 23.8 Å². The number of hydrogen-bond acceptors (Lipinski definition) is 4. The number of carboxylic acid groups (broad SMARTS) is 1. The quantitative estimate of drug-likeness (QED) is 0.762. The summed E-state index contributed by atoms with van der Waals surface area (Å²) in [6.07, 6.45) is 2.06. The second-order valence-electron chi connectivity index (χ2n) is 5.13. The average Bonchev–Trinajstić information content (AvgIpc) is 2.77. The molecule has 0 aliphatic carbocycles. The summed E-state index contributed by atoms with van der Waals surface area (Å²) in [6.45, 7) is 3.33. The van der Waals surface area contributed by atoms with Gasteiger partial charge in [0.05, 0.1) is 0 Å². The van der Waals surface area contributed by atoms with Gasteiger partial charge in [-0.05, 0) is 33.1 Å². The predicted molar refractivity (Wildman–Crippen MR) is 80.0 cm³/mol. The van der Waals surface area contributed by atoms with Crippen molar-refractivity contribution in [2.75, 3.05) is 33.7 Å². The molecule has 7 nitrogen and oxygen atoms in total. The molecule has 0 radical (unpaired) electrons. The number of sulfonamides is 1. The van der Waals surface area contributed by atoms with Crippen LogP contribution in [0.15, 0.2) is 17.2 Å². The lowest BCUT2D eigenvalue weighted by Crippen LogP contribution is -2.33. The van der Waals surface area contributed by atoms with Crippen molar-refractivity contribution in [2.45, 2.75) is 18.2 Å². The first-order valence-corrected chi connectivity index (χ1v) is 8.18. The van der Waals surface area contributed by atoms with Crippen LogP contribution in [0.4, 0.5) is 0 Å². The van der Waals surface area contributed by atoms with E-state index in [9.17, 15) is 13.2 Å². The summed E-state index contributed by atoms with van der Waals surface area (Å²) in [5, 5.41) is 9.01. The van der Waals surface area contributed by atoms with Crippen molar-refractivity contribution in [2.24, 2.45) is 7.05 Å². The third kappa shape index (κ3) is 4.29. The number of aromatic nitrogens is 1. The highest BCUT2D eigenvalue weighted by atomic mass is 32.2. The standard InChI is InChI=1S/C13H23N3O4S/c1-5-16(8-6-7-14(2)3)21(19,20)11-9-12(13(17)18)15(4)10-11/h9-10H,5-8H2,1-4H3,(H,17,18). The third-order valence-electron chi connectivity index (χ3n) is 3.20. The average molecular weight is 317 g/mol. The lowest BCUT2D eigenvalue weighted by atomic mass is 10.4. The zero-order chi connectivity index (χ0) is 16.2. The van der Waals surface area contributed by atoms with Crippen LogP contribution in [-0.2, 0) is 17.1 Å². The first kappa shape index (κ1) is 17.7. The number of aromatic carboxylic acids is 1. The molecule has 0 fully saturated rings. The van der Waals surface area contributed by atoms with Crippen LogP contribution in [0.2, 0.25) is 0 Å². The molecule has 1 N–H and O–H groups in total. The van der Waals surface area contributed by atoms with Gasteiger partial charge >= 0.3 is 5.97 Å². The second kappa shape index (κ2) is 7.06. The van der Waals surface area contributed by atoms with E-state index in [1.807, 2.05) is 19.0 Å². The smallest absolute Gasteiger partial charge is 0.352 e. The third-order valence-corrected chi connectivity index (χ3v) is 5.14. The first-order valence-electron chi connectivity index (χ1n) is 6.74. The fraction of sp³-hybridized carbons (Fsp3) is 0.615. The Kier molecular flexibility index (Phi) is 5.94. The number of rotatable bonds is 8. The van der Waals surface area contributed by atoms with Crippen LogP contribution in [0.25, 0.3) is 0 Å². The van der Waals surface area contributed by atoms with E-state index < -0.39 is 16.0 Å². The van der Waals surface area contributed by atoms with E-state index in [1.165, 1.54) is 28.2 Å². The highest BCUT2D eigenvalue weighted by Crippen LogP contribution is 2.18. The Balaban J connectivity index is 2.96. The Morgan fingerprint density at radius 1 is 1.33 bits per heavy atom. The summed E-state index contributed by atoms with van der Waals surface area (Å²) in [4.78, 5) is 13.0. The van der Waals surface area contributed by atoms with Gasteiger partial charge in [0.15, 0.2) is 0 Å². The Bertz CT molecular complexity index is 593. The molecule has 1 heterocycles. The van der Waals surface area contributed by atoms with Crippen molar-refractivity contribution < 1.29 is 18.3 Å². The number of carboxylic acids is 1. The first-order chi connectivity index (χ1) is 9.70. The van der Waals surface area contributed by atoms with Crippen LogP contribution in [0.5, 0.6) is 0 Å². The van der Waals surface area contributed by atoms with Crippen molar-refractivity contribution in [3.05, 3.63) is 18.0 Å². The molecule has 0 amide bonds. The van der Waals surface area contributed by atoms with Gasteiger partial charge in [-0.2, -0.15) is 4.31 Å². The molecule has 120 valence electrons. The molecule has 1 aromatic heterocycles. The number of nitrogens with zero attached hydrogens (tertiary/aromatic N) is 3. The van der Waals surface area contributed by atoms with Crippen molar-refractivity contribution in [3.8, 4) is 0 Å². The van der Waals surface area contributed by atoms with Gasteiger partial charge in [-0.3, -0.25) is 0 Å². The molecule has 0 bridgehead atoms. The van der Waals surface area contributed by atoms with Crippen LogP contribution < -0.4 is 0 Å². The van der Waals surface area contributed by atoms with E-state index in [1.54, 1.807) is 6.92 Å². The molecule has 0 atom stereocenters. The molecule has 0 spiro atoms. The lowest BCUT2D eigenvalue weighted by Gasteiger charge is -2.20. The molecule has 0 aromatic carbocycles. The van der Waals surface area contributed by atoms with Gasteiger partial charge < -0.3 is 14.6 Å². The molecular weight excluding hydrogens is 294 g/mol. The normalized spacial score (nSPS) is 12.3. The molecule has 0 saturated carbocycles. The molecule has 1 rings (SSSR count). The van der Waals surface area contributed by atoms with Gasteiger partial charge in [0, 0.05) is 26.3 Å². The topological polar surface area (TPSA) is 82.8 Å². The van der Waals surface area contributed by atoms with Crippen LogP contribution in [0.3, 0.4) is 0 Å². The van der Waals surface area contributed by atoms with E-state index in [0.29, 0.717) is 13.1 Å². The zero-order valence-electron chi connectivity index (χ0n) is 12.9. The Morgan fingerprint density at radius 2 is 1.95 bits per heavy atom. The SMILES string of the molecule is CCN(CCCN(C)C)S(=O)(=O)c1cc(C(=O)O)n(C)c1. The Morgan fingerprint density at radius 3 is 2.38 bits per heavy atom. The maximum atomic E-state index is 12.5. The summed E-state index contributed by atoms with van der Waals surface area (Å²) >= 11 is 0. The van der Waals surface area contributed by atoms with E-state index in [4.69, 9.17) is 5.11 Å². The maximum Gasteiger partial charge on any atom is 0.352 e. The largest absolute Gasteiger partial charge is 0.477 e. The molecular formula is C13H23N3O4S. The number of aryl methyl sites for hydroxylation is 1. The summed E-state index contributed by atoms with van der Waals surface area (Å²) in [5.41, 5.74) is -0.0436. The minimum absolute atomic E-state index is 0.0223. The number of carbonyl (C=O) groups is 1. The molecule has 0 saturated heterocycles. The minimum atomic E-state index is -3.65. The second-order valence-corrected chi connectivity index (χ2v) is 7.07. The fourth-order valence-electron chi connectivity index (χ4n) is 2.05. The summed E-state index contributed by atoms with van der Waals surface area (Å²) in [5.74, 6) is -1.14. The van der Waals surface area contributed by atoms with Gasteiger partial charge in [-0.15, -0.1) is 0 Å². The molecule has 0 aliphatic rings. The molecule has 8 heteroatoms. The summed E-state index contributed by atoms with van der Waals surface area (Å²) in [7, 11) is 1.73. The van der Waals surface area contributed by atoms with Gasteiger partial charge in [0.25, 0.3) is 0 Å². The van der Waals surface area contributed by atoms with Gasteiger partial charge in [0.1, 0.15) is 10.6 Å². The van der Waals surface area contributed by atoms with Gasteiger partial charge in [-0.25, -0.2) is 13.2 Å². The maximum absolute atomic E-state index is 12.5. The predicted octanol–water partition coefficient (Wildman–Crippen LogP) is 0.686. The summed E-state index contributed by atoms with van der Waals surface area (Å²) < 4.78 is 27.7. The van der Waals surface area contributed by atoms with Crippen LogP contribution in [0, 0.1) is 0 Å². The zero-order valence-corrected chi connectivity index (χ0v) is 13.7. The highest BCUT2D eigenvalue weighted by Gasteiger charge is 2.26. The van der Waals surface area contributed by atoms with Crippen LogP contribution in [-0.4, -0.2) is 67.0 Å². The van der Waals surface area contributed by atoms with Crippen molar-refractivity contribution in [1.82, 2.24) is 13.8 Å². The van der Waals surface area contributed by atoms with Crippen molar-refractivity contribution in [3.63, 3.8) is 0 Å². The van der Waals surface area contributed by atoms with E-state index in [0.717, 1.165) is 13.0 Å². The molecule has 1 aromatic rings. The van der Waals surface area contributed by atoms with Gasteiger partial charge in [-0.1, -0.05) is 6.92 Å². The highest BCUT2D eigenvalue weighted by molar-refractivity contribution is 7.89. The Hall–Kier alpha value is -1.38. The van der Waals surface area contributed by atoms with Gasteiger partial charge in [0.2, 0.25) is 10.0 Å². The van der Waals surface area contributed by atoms with Crippen LogP contribution >= 0.6 is 0 Å². The number of hydrogen-bond donors (Lipinski definition) is 1. The lowest BCUT2D eigenvalue weighted by molar-refractivity contribution is 0.0686. The molecule has 0 unspecified atom stereocenters. The van der Waals surface area contributed by atoms with Crippen molar-refractivity contribution in [1.29, 1.82) is 0 Å². The fourth-order valence-corrected chi connectivity index (χ4v) is 3.61. The molecule has 0 aliphatic heterocycles. The van der Waals surface area contributed by atoms with E-state index in [-0.39, 0.29) is 10.6 Å². The molecule has 21 heavy (non-hydrogen) atoms. The van der Waals surface area contributed by atoms with Crippen molar-refractivity contribution >= 4 is 16.0 Å². The van der Waals surface area contributed by atoms with E-state index in [2.05, 4.69) is 0 Å². The Labute approximate surface area is 125 Å². The van der Waals surface area contributed by atoms with E-state index >= 15 is 0 Å². The summed E-state index contributed by atoms with van der Waals surface area (Å²) in [6, 6.07) is 1.20. The minimum Gasteiger partial charge on any atom is -0.477 e. The monoisotopic (exact) mass is 317 g/mol.